The normalized spacial score (nSPS) is 11.6. The van der Waals surface area contributed by atoms with Crippen LogP contribution in [0.25, 0.3) is 0 Å². The highest BCUT2D eigenvalue weighted by molar-refractivity contribution is 5.87. The fourth-order valence-electron chi connectivity index (χ4n) is 2.29. The summed E-state index contributed by atoms with van der Waals surface area (Å²) in [4.78, 5) is 23.7. The summed E-state index contributed by atoms with van der Waals surface area (Å²) in [7, 11) is 1.55. The molecule has 0 spiro atoms. The Morgan fingerprint density at radius 3 is 2.50 bits per heavy atom. The van der Waals surface area contributed by atoms with Crippen molar-refractivity contribution in [2.24, 2.45) is 5.73 Å². The fraction of sp³-hybridized carbons (Fsp3) is 0.222. The van der Waals surface area contributed by atoms with Crippen molar-refractivity contribution in [3.8, 4) is 5.75 Å². The van der Waals surface area contributed by atoms with Crippen LogP contribution in [0, 0.1) is 5.82 Å². The van der Waals surface area contributed by atoms with Crippen LogP contribution in [0.1, 0.15) is 11.1 Å². The monoisotopic (exact) mass is 330 g/mol. The van der Waals surface area contributed by atoms with Crippen molar-refractivity contribution >= 4 is 11.8 Å². The van der Waals surface area contributed by atoms with Crippen LogP contribution in [0.4, 0.5) is 4.39 Å². The Labute approximate surface area is 139 Å². The summed E-state index contributed by atoms with van der Waals surface area (Å²) in [5.41, 5.74) is 6.85. The zero-order valence-corrected chi connectivity index (χ0v) is 13.3. The van der Waals surface area contributed by atoms with Crippen LogP contribution in [0.2, 0.25) is 0 Å². The molecule has 24 heavy (non-hydrogen) atoms. The van der Waals surface area contributed by atoms with Crippen molar-refractivity contribution in [1.29, 1.82) is 0 Å². The summed E-state index contributed by atoms with van der Waals surface area (Å²) in [5, 5.41) is 2.62. The van der Waals surface area contributed by atoms with Gasteiger partial charge < -0.3 is 15.8 Å². The predicted molar refractivity (Wildman–Crippen MR) is 87.9 cm³/mol. The summed E-state index contributed by atoms with van der Waals surface area (Å²) in [6.07, 6.45) is 0.309. The highest BCUT2D eigenvalue weighted by atomic mass is 19.1. The summed E-state index contributed by atoms with van der Waals surface area (Å²) in [6.45, 7) is 0. The Hall–Kier alpha value is -2.89. The van der Waals surface area contributed by atoms with Gasteiger partial charge in [0.1, 0.15) is 17.6 Å². The second kappa shape index (κ2) is 8.10. The topological polar surface area (TPSA) is 81.4 Å². The first kappa shape index (κ1) is 17.5. The lowest BCUT2D eigenvalue weighted by Crippen LogP contribution is -2.46. The number of halogens is 1. The van der Waals surface area contributed by atoms with E-state index in [1.807, 2.05) is 6.07 Å². The molecule has 0 heterocycles. The van der Waals surface area contributed by atoms with E-state index in [0.717, 1.165) is 5.56 Å². The highest BCUT2D eigenvalue weighted by Crippen LogP contribution is 2.14. The van der Waals surface area contributed by atoms with E-state index in [1.54, 1.807) is 25.3 Å². The fourth-order valence-corrected chi connectivity index (χ4v) is 2.29. The van der Waals surface area contributed by atoms with Crippen LogP contribution >= 0.6 is 0 Å². The molecule has 0 radical (unpaired) electrons. The van der Waals surface area contributed by atoms with Crippen LogP contribution < -0.4 is 15.8 Å². The van der Waals surface area contributed by atoms with Gasteiger partial charge in [0, 0.05) is 6.42 Å². The maximum absolute atomic E-state index is 12.9. The number of amides is 2. The first-order valence-electron chi connectivity index (χ1n) is 7.44. The van der Waals surface area contributed by atoms with Crippen LogP contribution in [0.5, 0.6) is 5.75 Å². The smallest absolute Gasteiger partial charge is 0.240 e. The Bertz CT molecular complexity index is 716. The van der Waals surface area contributed by atoms with Gasteiger partial charge in [0.05, 0.1) is 13.5 Å². The molecule has 0 fully saturated rings. The standard InChI is InChI=1S/C18H19FN2O3/c1-24-15-4-2-3-13(9-15)10-16(18(20)23)21-17(22)11-12-5-7-14(19)8-6-12/h2-9,16H,10-11H2,1H3,(H2,20,23)(H,21,22)/t16-/m0/s1. The average molecular weight is 330 g/mol. The number of ether oxygens (including phenoxy) is 1. The molecule has 2 aromatic carbocycles. The zero-order valence-electron chi connectivity index (χ0n) is 13.3. The molecule has 0 unspecified atom stereocenters. The average Bonchev–Trinajstić information content (AvgIpc) is 2.56. The molecule has 0 aromatic heterocycles. The van der Waals surface area contributed by atoms with Gasteiger partial charge in [-0.05, 0) is 35.4 Å². The Balaban J connectivity index is 2.00. The molecule has 2 aromatic rings. The minimum atomic E-state index is -0.829. The predicted octanol–water partition coefficient (Wildman–Crippen LogP) is 1.59. The molecule has 2 amide bonds. The third-order valence-corrected chi connectivity index (χ3v) is 3.53. The summed E-state index contributed by atoms with van der Waals surface area (Å²) < 4.78 is 18.0. The summed E-state index contributed by atoms with van der Waals surface area (Å²) >= 11 is 0. The third kappa shape index (κ3) is 5.08. The molecule has 0 saturated heterocycles. The van der Waals surface area contributed by atoms with Gasteiger partial charge in [0.15, 0.2) is 0 Å². The zero-order chi connectivity index (χ0) is 17.5. The number of carbonyl (C=O) groups is 2. The molecule has 0 aliphatic heterocycles. The third-order valence-electron chi connectivity index (χ3n) is 3.53. The van der Waals surface area contributed by atoms with Crippen LogP contribution in [-0.4, -0.2) is 25.0 Å². The molecule has 0 saturated carbocycles. The molecule has 0 aliphatic carbocycles. The Morgan fingerprint density at radius 1 is 1.17 bits per heavy atom. The first-order chi connectivity index (χ1) is 11.5. The van der Waals surface area contributed by atoms with E-state index in [0.29, 0.717) is 11.3 Å². The molecule has 2 rings (SSSR count). The van der Waals surface area contributed by atoms with E-state index in [9.17, 15) is 14.0 Å². The van der Waals surface area contributed by atoms with E-state index in [1.165, 1.54) is 24.3 Å². The lowest BCUT2D eigenvalue weighted by Gasteiger charge is -2.16. The van der Waals surface area contributed by atoms with Gasteiger partial charge in [0.2, 0.25) is 11.8 Å². The molecule has 3 N–H and O–H groups in total. The van der Waals surface area contributed by atoms with Crippen molar-refractivity contribution in [2.75, 3.05) is 7.11 Å². The highest BCUT2D eigenvalue weighted by Gasteiger charge is 2.19. The van der Waals surface area contributed by atoms with Crippen molar-refractivity contribution in [2.45, 2.75) is 18.9 Å². The minimum absolute atomic E-state index is 0.0438. The molecule has 1 atom stereocenters. The molecule has 0 bridgehead atoms. The number of hydrogen-bond acceptors (Lipinski definition) is 3. The Morgan fingerprint density at radius 2 is 1.88 bits per heavy atom. The number of nitrogens with two attached hydrogens (primary N) is 1. The second-order valence-corrected chi connectivity index (χ2v) is 5.38. The number of benzene rings is 2. The van der Waals surface area contributed by atoms with E-state index in [-0.39, 0.29) is 24.6 Å². The van der Waals surface area contributed by atoms with Gasteiger partial charge in [-0.15, -0.1) is 0 Å². The number of hydrogen-bond donors (Lipinski definition) is 2. The van der Waals surface area contributed by atoms with Crippen molar-refractivity contribution < 1.29 is 18.7 Å². The maximum Gasteiger partial charge on any atom is 0.240 e. The maximum atomic E-state index is 12.9. The lowest BCUT2D eigenvalue weighted by molar-refractivity contribution is -0.127. The van der Waals surface area contributed by atoms with Crippen molar-refractivity contribution in [3.05, 3.63) is 65.5 Å². The number of primary amides is 1. The summed E-state index contributed by atoms with van der Waals surface area (Å²) in [5.74, 6) is -0.681. The van der Waals surface area contributed by atoms with Gasteiger partial charge in [0.25, 0.3) is 0 Å². The number of nitrogens with one attached hydrogen (secondary N) is 1. The van der Waals surface area contributed by atoms with Gasteiger partial charge in [-0.2, -0.15) is 0 Å². The van der Waals surface area contributed by atoms with Crippen LogP contribution in [-0.2, 0) is 22.4 Å². The SMILES string of the molecule is COc1cccc(C[C@H](NC(=O)Cc2ccc(F)cc2)C(N)=O)c1. The largest absolute Gasteiger partial charge is 0.497 e. The lowest BCUT2D eigenvalue weighted by atomic mass is 10.0. The van der Waals surface area contributed by atoms with E-state index in [4.69, 9.17) is 10.5 Å². The van der Waals surface area contributed by atoms with E-state index >= 15 is 0 Å². The Kier molecular flexibility index (Phi) is 5.89. The van der Waals surface area contributed by atoms with Crippen molar-refractivity contribution in [1.82, 2.24) is 5.32 Å². The molecule has 0 aliphatic rings. The molecule has 6 heteroatoms. The van der Waals surface area contributed by atoms with Crippen molar-refractivity contribution in [3.63, 3.8) is 0 Å². The van der Waals surface area contributed by atoms with E-state index < -0.39 is 11.9 Å². The number of rotatable bonds is 7. The number of methoxy groups -OCH3 is 1. The molecule has 5 nitrogen and oxygen atoms in total. The first-order valence-corrected chi connectivity index (χ1v) is 7.44. The van der Waals surface area contributed by atoms with Gasteiger partial charge in [-0.1, -0.05) is 24.3 Å². The summed E-state index contributed by atoms with van der Waals surface area (Å²) in [6, 6.07) is 12.0. The van der Waals surface area contributed by atoms with Gasteiger partial charge in [-0.25, -0.2) is 4.39 Å². The van der Waals surface area contributed by atoms with Gasteiger partial charge >= 0.3 is 0 Å². The van der Waals surface area contributed by atoms with Crippen LogP contribution in [0.3, 0.4) is 0 Å². The molecular weight excluding hydrogens is 311 g/mol. The van der Waals surface area contributed by atoms with Crippen LogP contribution in [0.15, 0.2) is 48.5 Å². The second-order valence-electron chi connectivity index (χ2n) is 5.38. The van der Waals surface area contributed by atoms with E-state index in [2.05, 4.69) is 5.32 Å². The van der Waals surface area contributed by atoms with Gasteiger partial charge in [-0.3, -0.25) is 9.59 Å². The minimum Gasteiger partial charge on any atom is -0.497 e. The molecular formula is C18H19FN2O3. The number of carbonyl (C=O) groups excluding carboxylic acids is 2. The molecule has 126 valence electrons. The quantitative estimate of drug-likeness (QED) is 0.809.